The molecule has 0 radical (unpaired) electrons. The Kier molecular flexibility index (Phi) is 4.46. The minimum absolute atomic E-state index is 0.180. The van der Waals surface area contributed by atoms with Crippen LogP contribution in [0.2, 0.25) is 0 Å². The van der Waals surface area contributed by atoms with Gasteiger partial charge in [0.15, 0.2) is 6.10 Å². The van der Waals surface area contributed by atoms with E-state index in [-0.39, 0.29) is 6.04 Å². The number of hydrogen-bond donors (Lipinski definition) is 2. The molecule has 2 N–H and O–H groups in total. The summed E-state index contributed by atoms with van der Waals surface area (Å²) in [4.78, 5) is 13.1. The average Bonchev–Trinajstić information content (AvgIpc) is 2.86. The van der Waals surface area contributed by atoms with Crippen molar-refractivity contribution in [3.63, 3.8) is 0 Å². The van der Waals surface area contributed by atoms with E-state index in [0.29, 0.717) is 5.92 Å². The molecule has 24 heavy (non-hydrogen) atoms. The zero-order valence-corrected chi connectivity index (χ0v) is 13.4. The van der Waals surface area contributed by atoms with Gasteiger partial charge in [-0.25, -0.2) is 4.79 Å². The molecule has 2 aliphatic rings. The molecule has 0 fully saturated rings. The lowest BCUT2D eigenvalue weighted by Gasteiger charge is -2.25. The molecular formula is C17H21F3N2O2. The SMILES string of the molecule is CN(C[C@H](O)C(F)(F)F)C(=O)N[C@@H]1C[C@@H]2CCCc3cccc1c32. The number of carbonyl (C=O) groups is 1. The summed E-state index contributed by atoms with van der Waals surface area (Å²) in [5, 5.41) is 11.9. The van der Waals surface area contributed by atoms with Crippen molar-refractivity contribution < 1.29 is 23.1 Å². The highest BCUT2D eigenvalue weighted by Crippen LogP contribution is 2.47. The lowest BCUT2D eigenvalue weighted by atomic mass is 9.84. The molecule has 1 aromatic carbocycles. The molecular weight excluding hydrogens is 321 g/mol. The van der Waals surface area contributed by atoms with Crippen LogP contribution in [-0.4, -0.2) is 41.9 Å². The van der Waals surface area contributed by atoms with E-state index < -0.39 is 24.9 Å². The molecule has 0 saturated carbocycles. The standard InChI is InChI=1S/C17H21F3N2O2/c1-22(9-14(23)17(18,19)20)16(24)21-13-8-11-6-2-4-10-5-3-7-12(13)15(10)11/h3,5,7,11,13-14,23H,2,4,6,8-9H2,1H3,(H,21,24)/t11-,13+,14-/m0/s1. The van der Waals surface area contributed by atoms with E-state index in [4.69, 9.17) is 5.11 Å². The Labute approximate surface area is 138 Å². The van der Waals surface area contributed by atoms with Crippen LogP contribution in [0.1, 0.15) is 47.9 Å². The van der Waals surface area contributed by atoms with Gasteiger partial charge in [-0.15, -0.1) is 0 Å². The third kappa shape index (κ3) is 3.22. The second kappa shape index (κ2) is 6.27. The van der Waals surface area contributed by atoms with Crippen molar-refractivity contribution in [2.45, 2.75) is 49.9 Å². The average molecular weight is 342 g/mol. The second-order valence-corrected chi connectivity index (χ2v) is 6.68. The summed E-state index contributed by atoms with van der Waals surface area (Å²) in [6.07, 6.45) is -3.23. The van der Waals surface area contributed by atoms with Gasteiger partial charge in [0.1, 0.15) is 0 Å². The quantitative estimate of drug-likeness (QED) is 0.887. The van der Waals surface area contributed by atoms with E-state index in [1.807, 2.05) is 12.1 Å². The topological polar surface area (TPSA) is 52.6 Å². The molecule has 0 saturated heterocycles. The highest BCUT2D eigenvalue weighted by molar-refractivity contribution is 5.75. The molecule has 0 spiro atoms. The third-order valence-electron chi connectivity index (χ3n) is 5.00. The van der Waals surface area contributed by atoms with Crippen LogP contribution in [0, 0.1) is 0 Å². The van der Waals surface area contributed by atoms with Crippen LogP contribution in [0.4, 0.5) is 18.0 Å². The number of rotatable bonds is 3. The maximum Gasteiger partial charge on any atom is 0.416 e. The highest BCUT2D eigenvalue weighted by Gasteiger charge is 2.40. The van der Waals surface area contributed by atoms with Crippen molar-refractivity contribution in [3.8, 4) is 0 Å². The number of likely N-dealkylation sites (N-methyl/N-ethyl adjacent to an activating group) is 1. The van der Waals surface area contributed by atoms with Gasteiger partial charge in [-0.2, -0.15) is 13.2 Å². The van der Waals surface area contributed by atoms with E-state index in [0.717, 1.165) is 36.1 Å². The summed E-state index contributed by atoms with van der Waals surface area (Å²) in [5.74, 6) is 0.418. The number of carbonyl (C=O) groups excluding carboxylic acids is 1. The summed E-state index contributed by atoms with van der Waals surface area (Å²) in [7, 11) is 1.26. The molecule has 0 aromatic heterocycles. The molecule has 132 valence electrons. The zero-order valence-electron chi connectivity index (χ0n) is 13.4. The van der Waals surface area contributed by atoms with E-state index in [9.17, 15) is 18.0 Å². The van der Waals surface area contributed by atoms with Gasteiger partial charge >= 0.3 is 12.2 Å². The normalized spacial score (nSPS) is 23.5. The molecule has 0 heterocycles. The van der Waals surface area contributed by atoms with Gasteiger partial charge in [0.25, 0.3) is 0 Å². The fourth-order valence-corrected chi connectivity index (χ4v) is 3.82. The van der Waals surface area contributed by atoms with Gasteiger partial charge in [0.2, 0.25) is 0 Å². The Bertz CT molecular complexity index is 633. The lowest BCUT2D eigenvalue weighted by Crippen LogP contribution is -2.46. The Hall–Kier alpha value is -1.76. The minimum Gasteiger partial charge on any atom is -0.382 e. The lowest BCUT2D eigenvalue weighted by molar-refractivity contribution is -0.205. The number of alkyl halides is 3. The van der Waals surface area contributed by atoms with Crippen molar-refractivity contribution in [2.24, 2.45) is 0 Å². The van der Waals surface area contributed by atoms with Gasteiger partial charge in [0.05, 0.1) is 12.6 Å². The van der Waals surface area contributed by atoms with E-state index in [2.05, 4.69) is 11.4 Å². The van der Waals surface area contributed by atoms with Gasteiger partial charge in [-0.05, 0) is 48.3 Å². The number of amides is 2. The molecule has 3 rings (SSSR count). The highest BCUT2D eigenvalue weighted by atomic mass is 19.4. The number of nitrogens with one attached hydrogen (secondary N) is 1. The van der Waals surface area contributed by atoms with Crippen molar-refractivity contribution in [1.29, 1.82) is 0 Å². The van der Waals surface area contributed by atoms with Crippen LogP contribution in [0.5, 0.6) is 0 Å². The predicted octanol–water partition coefficient (Wildman–Crippen LogP) is 3.12. The first-order chi connectivity index (χ1) is 11.3. The summed E-state index contributed by atoms with van der Waals surface area (Å²) >= 11 is 0. The Morgan fingerprint density at radius 2 is 2.21 bits per heavy atom. The molecule has 2 aliphatic carbocycles. The molecule has 4 nitrogen and oxygen atoms in total. The Morgan fingerprint density at radius 1 is 1.46 bits per heavy atom. The van der Waals surface area contributed by atoms with E-state index in [1.165, 1.54) is 18.2 Å². The number of urea groups is 1. The molecule has 7 heteroatoms. The maximum absolute atomic E-state index is 12.4. The van der Waals surface area contributed by atoms with Gasteiger partial charge < -0.3 is 15.3 Å². The molecule has 2 amide bonds. The largest absolute Gasteiger partial charge is 0.416 e. The van der Waals surface area contributed by atoms with Crippen LogP contribution in [-0.2, 0) is 6.42 Å². The number of aryl methyl sites for hydroxylation is 1. The van der Waals surface area contributed by atoms with Crippen molar-refractivity contribution in [3.05, 3.63) is 34.9 Å². The number of halogens is 3. The van der Waals surface area contributed by atoms with Crippen LogP contribution in [0.15, 0.2) is 18.2 Å². The van der Waals surface area contributed by atoms with Crippen LogP contribution >= 0.6 is 0 Å². The number of benzene rings is 1. The summed E-state index contributed by atoms with van der Waals surface area (Å²) in [5.41, 5.74) is 3.71. The molecule has 0 bridgehead atoms. The Morgan fingerprint density at radius 3 is 2.92 bits per heavy atom. The van der Waals surface area contributed by atoms with Crippen molar-refractivity contribution >= 4 is 6.03 Å². The Balaban J connectivity index is 1.67. The zero-order chi connectivity index (χ0) is 17.5. The van der Waals surface area contributed by atoms with E-state index >= 15 is 0 Å². The fourth-order valence-electron chi connectivity index (χ4n) is 3.82. The first kappa shape index (κ1) is 17.1. The van der Waals surface area contributed by atoms with Crippen LogP contribution in [0.3, 0.4) is 0 Å². The van der Waals surface area contributed by atoms with Gasteiger partial charge in [-0.3, -0.25) is 0 Å². The number of hydrogen-bond acceptors (Lipinski definition) is 2. The number of aliphatic hydroxyl groups is 1. The molecule has 0 aliphatic heterocycles. The summed E-state index contributed by atoms with van der Waals surface area (Å²) in [6.45, 7) is -0.779. The smallest absolute Gasteiger partial charge is 0.382 e. The minimum atomic E-state index is -4.73. The first-order valence-corrected chi connectivity index (χ1v) is 8.15. The summed E-state index contributed by atoms with van der Waals surface area (Å²) < 4.78 is 37.2. The van der Waals surface area contributed by atoms with Crippen molar-refractivity contribution in [2.75, 3.05) is 13.6 Å². The predicted molar refractivity (Wildman–Crippen MR) is 82.7 cm³/mol. The van der Waals surface area contributed by atoms with E-state index in [1.54, 1.807) is 0 Å². The van der Waals surface area contributed by atoms with Crippen LogP contribution in [0.25, 0.3) is 0 Å². The monoisotopic (exact) mass is 342 g/mol. The number of nitrogens with zero attached hydrogens (tertiary/aromatic N) is 1. The molecule has 0 unspecified atom stereocenters. The summed E-state index contributed by atoms with van der Waals surface area (Å²) in [6, 6.07) is 5.29. The van der Waals surface area contributed by atoms with Gasteiger partial charge in [0, 0.05) is 7.05 Å². The van der Waals surface area contributed by atoms with Crippen molar-refractivity contribution in [1.82, 2.24) is 10.2 Å². The fraction of sp³-hybridized carbons (Fsp3) is 0.588. The maximum atomic E-state index is 12.4. The third-order valence-corrected chi connectivity index (χ3v) is 5.00. The van der Waals surface area contributed by atoms with Gasteiger partial charge in [-0.1, -0.05) is 18.2 Å². The molecule has 1 aromatic rings. The first-order valence-electron chi connectivity index (χ1n) is 8.15. The van der Waals surface area contributed by atoms with Crippen LogP contribution < -0.4 is 5.32 Å². The number of aliphatic hydroxyl groups excluding tert-OH is 1. The second-order valence-electron chi connectivity index (χ2n) is 6.68. The molecule has 3 atom stereocenters.